The van der Waals surface area contributed by atoms with Crippen molar-refractivity contribution < 1.29 is 9.47 Å². The summed E-state index contributed by atoms with van der Waals surface area (Å²) < 4.78 is 11.4. The molecule has 1 fully saturated rings. The molecular formula is C20H40O2. The maximum absolute atomic E-state index is 5.68. The van der Waals surface area contributed by atoms with Gasteiger partial charge in [-0.05, 0) is 69.1 Å². The Balaban J connectivity index is 2.33. The van der Waals surface area contributed by atoms with Crippen LogP contribution >= 0.6 is 0 Å². The molecule has 0 heterocycles. The first-order chi connectivity index (χ1) is 10.4. The average Bonchev–Trinajstić information content (AvgIpc) is 2.74. The summed E-state index contributed by atoms with van der Waals surface area (Å²) in [5.41, 5.74) is 0.557. The standard InChI is InChI=1S/C20H40O2/c1-7-17(11-13-19(21-8-2)22-9-3)10-12-18-14-15-20(5,6)16(18)4/h16-19H,7-15H2,1-6H3. The van der Waals surface area contributed by atoms with Crippen LogP contribution in [0.1, 0.15) is 86.5 Å². The molecule has 132 valence electrons. The van der Waals surface area contributed by atoms with Crippen molar-refractivity contribution in [2.24, 2.45) is 23.2 Å². The van der Waals surface area contributed by atoms with Crippen LogP contribution in [0.5, 0.6) is 0 Å². The van der Waals surface area contributed by atoms with E-state index in [0.29, 0.717) is 5.41 Å². The highest BCUT2D eigenvalue weighted by molar-refractivity contribution is 4.88. The molecule has 0 bridgehead atoms. The molecule has 22 heavy (non-hydrogen) atoms. The molecule has 0 spiro atoms. The molecule has 0 aliphatic heterocycles. The Morgan fingerprint density at radius 3 is 2.09 bits per heavy atom. The van der Waals surface area contributed by atoms with Crippen LogP contribution in [-0.4, -0.2) is 19.5 Å². The quantitative estimate of drug-likeness (QED) is 0.433. The maximum Gasteiger partial charge on any atom is 0.157 e. The predicted molar refractivity (Wildman–Crippen MR) is 95.0 cm³/mol. The highest BCUT2D eigenvalue weighted by Crippen LogP contribution is 2.48. The van der Waals surface area contributed by atoms with Crippen LogP contribution in [0.25, 0.3) is 0 Å². The lowest BCUT2D eigenvalue weighted by molar-refractivity contribution is -0.141. The molecule has 3 atom stereocenters. The molecule has 0 amide bonds. The molecular weight excluding hydrogens is 272 g/mol. The van der Waals surface area contributed by atoms with Crippen LogP contribution in [0.4, 0.5) is 0 Å². The minimum Gasteiger partial charge on any atom is -0.353 e. The summed E-state index contributed by atoms with van der Waals surface area (Å²) in [7, 11) is 0. The molecule has 1 saturated carbocycles. The monoisotopic (exact) mass is 312 g/mol. The van der Waals surface area contributed by atoms with E-state index in [1.165, 1.54) is 38.5 Å². The molecule has 0 aromatic rings. The Bertz CT molecular complexity index is 281. The van der Waals surface area contributed by atoms with Crippen molar-refractivity contribution in [3.8, 4) is 0 Å². The van der Waals surface area contributed by atoms with Gasteiger partial charge in [-0.15, -0.1) is 0 Å². The molecule has 3 unspecified atom stereocenters. The van der Waals surface area contributed by atoms with Gasteiger partial charge >= 0.3 is 0 Å². The highest BCUT2D eigenvalue weighted by Gasteiger charge is 2.38. The third-order valence-electron chi connectivity index (χ3n) is 6.14. The van der Waals surface area contributed by atoms with Gasteiger partial charge in [0.2, 0.25) is 0 Å². The van der Waals surface area contributed by atoms with E-state index in [4.69, 9.17) is 9.47 Å². The Labute approximate surface area is 139 Å². The van der Waals surface area contributed by atoms with E-state index in [9.17, 15) is 0 Å². The minimum absolute atomic E-state index is 0.00777. The lowest BCUT2D eigenvalue weighted by Gasteiger charge is -2.28. The second-order valence-electron chi connectivity index (χ2n) is 7.85. The van der Waals surface area contributed by atoms with Gasteiger partial charge in [0.05, 0.1) is 0 Å². The Morgan fingerprint density at radius 1 is 1.00 bits per heavy atom. The van der Waals surface area contributed by atoms with Crippen LogP contribution in [0.15, 0.2) is 0 Å². The predicted octanol–water partition coefficient (Wildman–Crippen LogP) is 6.04. The number of ether oxygens (including phenoxy) is 2. The topological polar surface area (TPSA) is 18.5 Å². The van der Waals surface area contributed by atoms with Gasteiger partial charge < -0.3 is 9.47 Å². The van der Waals surface area contributed by atoms with E-state index >= 15 is 0 Å². The second-order valence-corrected chi connectivity index (χ2v) is 7.85. The van der Waals surface area contributed by atoms with Gasteiger partial charge in [0.25, 0.3) is 0 Å². The van der Waals surface area contributed by atoms with Crippen LogP contribution in [0, 0.1) is 23.2 Å². The Morgan fingerprint density at radius 2 is 1.64 bits per heavy atom. The van der Waals surface area contributed by atoms with Gasteiger partial charge in [0, 0.05) is 13.2 Å². The molecule has 0 aromatic heterocycles. The first-order valence-corrected chi connectivity index (χ1v) is 9.67. The third-order valence-corrected chi connectivity index (χ3v) is 6.14. The normalized spacial score (nSPS) is 25.8. The summed E-state index contributed by atoms with van der Waals surface area (Å²) in [4.78, 5) is 0. The summed E-state index contributed by atoms with van der Waals surface area (Å²) in [6, 6.07) is 0. The lowest BCUT2D eigenvalue weighted by atomic mass is 9.78. The van der Waals surface area contributed by atoms with Crippen molar-refractivity contribution in [2.45, 2.75) is 92.8 Å². The summed E-state index contributed by atoms with van der Waals surface area (Å²) in [5.74, 6) is 2.66. The Kier molecular flexibility index (Phi) is 9.01. The van der Waals surface area contributed by atoms with Gasteiger partial charge in [-0.3, -0.25) is 0 Å². The molecule has 1 rings (SSSR count). The summed E-state index contributed by atoms with van der Waals surface area (Å²) in [6.07, 6.45) is 9.22. The van der Waals surface area contributed by atoms with Gasteiger partial charge in [-0.25, -0.2) is 0 Å². The first-order valence-electron chi connectivity index (χ1n) is 9.67. The van der Waals surface area contributed by atoms with E-state index in [1.54, 1.807) is 0 Å². The van der Waals surface area contributed by atoms with E-state index in [1.807, 2.05) is 13.8 Å². The molecule has 2 nitrogen and oxygen atoms in total. The van der Waals surface area contributed by atoms with E-state index in [2.05, 4.69) is 27.7 Å². The van der Waals surface area contributed by atoms with Crippen LogP contribution in [-0.2, 0) is 9.47 Å². The van der Waals surface area contributed by atoms with Crippen molar-refractivity contribution >= 4 is 0 Å². The third kappa shape index (κ3) is 6.20. The molecule has 0 N–H and O–H groups in total. The van der Waals surface area contributed by atoms with Crippen molar-refractivity contribution in [2.75, 3.05) is 13.2 Å². The summed E-state index contributed by atoms with van der Waals surface area (Å²) >= 11 is 0. The number of hydrogen-bond acceptors (Lipinski definition) is 2. The van der Waals surface area contributed by atoms with Crippen molar-refractivity contribution in [1.29, 1.82) is 0 Å². The fourth-order valence-corrected chi connectivity index (χ4v) is 4.03. The van der Waals surface area contributed by atoms with Gasteiger partial charge in [0.1, 0.15) is 0 Å². The van der Waals surface area contributed by atoms with Crippen LogP contribution in [0.2, 0.25) is 0 Å². The lowest BCUT2D eigenvalue weighted by Crippen LogP contribution is -2.20. The number of hydrogen-bond donors (Lipinski definition) is 0. The van der Waals surface area contributed by atoms with Crippen molar-refractivity contribution in [1.82, 2.24) is 0 Å². The van der Waals surface area contributed by atoms with Crippen molar-refractivity contribution in [3.05, 3.63) is 0 Å². The van der Waals surface area contributed by atoms with E-state index < -0.39 is 0 Å². The average molecular weight is 313 g/mol. The zero-order chi connectivity index (χ0) is 16.6. The highest BCUT2D eigenvalue weighted by atomic mass is 16.7. The van der Waals surface area contributed by atoms with E-state index in [0.717, 1.165) is 37.4 Å². The van der Waals surface area contributed by atoms with Gasteiger partial charge in [-0.1, -0.05) is 40.5 Å². The molecule has 1 aliphatic rings. The van der Waals surface area contributed by atoms with Crippen molar-refractivity contribution in [3.63, 3.8) is 0 Å². The fraction of sp³-hybridized carbons (Fsp3) is 1.00. The second kappa shape index (κ2) is 9.93. The van der Waals surface area contributed by atoms with Crippen LogP contribution < -0.4 is 0 Å². The number of rotatable bonds is 11. The zero-order valence-electron chi connectivity index (χ0n) is 16.0. The summed E-state index contributed by atoms with van der Waals surface area (Å²) in [5, 5.41) is 0. The maximum atomic E-state index is 5.68. The zero-order valence-corrected chi connectivity index (χ0v) is 16.0. The largest absolute Gasteiger partial charge is 0.353 e. The molecule has 0 saturated heterocycles. The fourth-order valence-electron chi connectivity index (χ4n) is 4.03. The molecule has 0 aromatic carbocycles. The summed E-state index contributed by atoms with van der Waals surface area (Å²) in [6.45, 7) is 15.3. The van der Waals surface area contributed by atoms with E-state index in [-0.39, 0.29) is 6.29 Å². The van der Waals surface area contributed by atoms with Gasteiger partial charge in [-0.2, -0.15) is 0 Å². The smallest absolute Gasteiger partial charge is 0.157 e. The SMILES string of the molecule is CCOC(CCC(CC)CCC1CCC(C)(C)C1C)OCC. The van der Waals surface area contributed by atoms with Crippen LogP contribution in [0.3, 0.4) is 0 Å². The first kappa shape index (κ1) is 20.0. The Hall–Kier alpha value is -0.0800. The molecule has 0 radical (unpaired) electrons. The van der Waals surface area contributed by atoms with Gasteiger partial charge in [0.15, 0.2) is 6.29 Å². The molecule has 1 aliphatic carbocycles. The minimum atomic E-state index is 0.00777. The molecule has 2 heteroatoms.